The van der Waals surface area contributed by atoms with E-state index in [0.29, 0.717) is 24.2 Å². The molecule has 0 unspecified atom stereocenters. The van der Waals surface area contributed by atoms with E-state index >= 15 is 0 Å². The van der Waals surface area contributed by atoms with Crippen LogP contribution in [0.2, 0.25) is 0 Å². The van der Waals surface area contributed by atoms with Crippen LogP contribution in [0.5, 0.6) is 0 Å². The summed E-state index contributed by atoms with van der Waals surface area (Å²) in [4.78, 5) is 13.4. The summed E-state index contributed by atoms with van der Waals surface area (Å²) in [6.07, 6.45) is 0. The van der Waals surface area contributed by atoms with Gasteiger partial charge in [0.05, 0.1) is 30.3 Å². The zero-order valence-corrected chi connectivity index (χ0v) is 8.97. The molecule has 0 atom stereocenters. The number of amides is 1. The Labute approximate surface area is 93.7 Å². The molecule has 0 bridgehead atoms. The lowest BCUT2D eigenvalue weighted by atomic mass is 9.96. The number of likely N-dealkylation sites (tertiary alicyclic amines) is 1. The van der Waals surface area contributed by atoms with E-state index in [1.165, 1.54) is 0 Å². The lowest BCUT2D eigenvalue weighted by Crippen LogP contribution is -2.61. The third kappa shape index (κ3) is 1.90. The molecule has 0 saturated carbocycles. The molecular weight excluding hydrogens is 204 g/mol. The second kappa shape index (κ2) is 3.62. The van der Waals surface area contributed by atoms with Gasteiger partial charge < -0.3 is 10.0 Å². The topological polar surface area (TPSA) is 64.3 Å². The molecule has 1 N–H and O–H groups in total. The van der Waals surface area contributed by atoms with Crippen molar-refractivity contribution in [1.82, 2.24) is 4.90 Å². The molecule has 82 valence electrons. The number of nitriles is 1. The van der Waals surface area contributed by atoms with Gasteiger partial charge >= 0.3 is 0 Å². The highest BCUT2D eigenvalue weighted by Gasteiger charge is 2.39. The predicted molar refractivity (Wildman–Crippen MR) is 57.7 cm³/mol. The van der Waals surface area contributed by atoms with Crippen molar-refractivity contribution in [2.75, 3.05) is 13.1 Å². The number of hydrogen-bond donors (Lipinski definition) is 1. The van der Waals surface area contributed by atoms with Gasteiger partial charge in [-0.2, -0.15) is 5.26 Å². The molecule has 16 heavy (non-hydrogen) atoms. The molecule has 0 aliphatic carbocycles. The first-order valence-electron chi connectivity index (χ1n) is 5.04. The summed E-state index contributed by atoms with van der Waals surface area (Å²) in [7, 11) is 0. The molecule has 4 nitrogen and oxygen atoms in total. The molecule has 2 rings (SSSR count). The number of nitrogens with zero attached hydrogens (tertiary/aromatic N) is 2. The molecule has 1 fully saturated rings. The van der Waals surface area contributed by atoms with E-state index in [0.717, 1.165) is 0 Å². The standard InChI is InChI=1S/C12H12N2O2/c1-12(16)7-14(8-12)11(15)10-4-2-9(6-13)3-5-10/h2-5,16H,7-8H2,1H3. The minimum Gasteiger partial charge on any atom is -0.386 e. The zero-order chi connectivity index (χ0) is 11.8. The number of rotatable bonds is 1. The summed E-state index contributed by atoms with van der Waals surface area (Å²) < 4.78 is 0. The summed E-state index contributed by atoms with van der Waals surface area (Å²) >= 11 is 0. The number of carbonyl (C=O) groups is 1. The Hall–Kier alpha value is -1.86. The highest BCUT2D eigenvalue weighted by molar-refractivity contribution is 5.95. The average Bonchev–Trinajstić information content (AvgIpc) is 2.25. The van der Waals surface area contributed by atoms with E-state index in [-0.39, 0.29) is 5.91 Å². The molecule has 1 aromatic carbocycles. The van der Waals surface area contributed by atoms with Gasteiger partial charge in [0, 0.05) is 5.56 Å². The van der Waals surface area contributed by atoms with E-state index in [1.807, 2.05) is 6.07 Å². The first kappa shape index (κ1) is 10.7. The summed E-state index contributed by atoms with van der Waals surface area (Å²) in [5, 5.41) is 18.1. The van der Waals surface area contributed by atoms with Crippen molar-refractivity contribution in [1.29, 1.82) is 5.26 Å². The fraction of sp³-hybridized carbons (Fsp3) is 0.333. The lowest BCUT2D eigenvalue weighted by Gasteiger charge is -2.44. The van der Waals surface area contributed by atoms with Crippen molar-refractivity contribution >= 4 is 5.91 Å². The molecule has 4 heteroatoms. The largest absolute Gasteiger partial charge is 0.386 e. The van der Waals surface area contributed by atoms with Gasteiger partial charge in [0.2, 0.25) is 0 Å². The van der Waals surface area contributed by atoms with Gasteiger partial charge in [-0.1, -0.05) is 0 Å². The minimum absolute atomic E-state index is 0.101. The quantitative estimate of drug-likeness (QED) is 0.754. The smallest absolute Gasteiger partial charge is 0.254 e. The van der Waals surface area contributed by atoms with Crippen LogP contribution in [0.1, 0.15) is 22.8 Å². The van der Waals surface area contributed by atoms with Crippen LogP contribution in [0.15, 0.2) is 24.3 Å². The minimum atomic E-state index is -0.748. The van der Waals surface area contributed by atoms with Crippen molar-refractivity contribution in [3.8, 4) is 6.07 Å². The van der Waals surface area contributed by atoms with Gasteiger partial charge in [-0.05, 0) is 31.2 Å². The maximum absolute atomic E-state index is 11.8. The number of carbonyl (C=O) groups excluding carboxylic acids is 1. The van der Waals surface area contributed by atoms with Gasteiger partial charge in [0.1, 0.15) is 0 Å². The molecule has 1 aliphatic rings. The van der Waals surface area contributed by atoms with Crippen LogP contribution in [-0.2, 0) is 0 Å². The number of benzene rings is 1. The first-order valence-corrected chi connectivity index (χ1v) is 5.04. The first-order chi connectivity index (χ1) is 7.52. The van der Waals surface area contributed by atoms with Crippen molar-refractivity contribution in [3.63, 3.8) is 0 Å². The Kier molecular flexibility index (Phi) is 2.41. The van der Waals surface area contributed by atoms with Crippen molar-refractivity contribution < 1.29 is 9.90 Å². The van der Waals surface area contributed by atoms with Gasteiger partial charge in [-0.3, -0.25) is 4.79 Å². The van der Waals surface area contributed by atoms with E-state index in [4.69, 9.17) is 5.26 Å². The maximum atomic E-state index is 11.8. The van der Waals surface area contributed by atoms with Gasteiger partial charge in [0.25, 0.3) is 5.91 Å². The van der Waals surface area contributed by atoms with Crippen LogP contribution >= 0.6 is 0 Å². The third-order valence-corrected chi connectivity index (χ3v) is 2.61. The highest BCUT2D eigenvalue weighted by Crippen LogP contribution is 2.22. The molecule has 0 radical (unpaired) electrons. The van der Waals surface area contributed by atoms with E-state index < -0.39 is 5.60 Å². The summed E-state index contributed by atoms with van der Waals surface area (Å²) in [5.74, 6) is -0.101. The van der Waals surface area contributed by atoms with Crippen LogP contribution < -0.4 is 0 Å². The average molecular weight is 216 g/mol. The fourth-order valence-corrected chi connectivity index (χ4v) is 1.79. The number of β-amino-alcohol motifs (C(OH)–C–C–N with tert-alkyl or cyclic N) is 1. The molecule has 0 spiro atoms. The number of hydrogen-bond acceptors (Lipinski definition) is 3. The Morgan fingerprint density at radius 2 is 2.00 bits per heavy atom. The molecule has 1 heterocycles. The maximum Gasteiger partial charge on any atom is 0.254 e. The van der Waals surface area contributed by atoms with E-state index in [2.05, 4.69) is 0 Å². The zero-order valence-electron chi connectivity index (χ0n) is 8.97. The third-order valence-electron chi connectivity index (χ3n) is 2.61. The van der Waals surface area contributed by atoms with Gasteiger partial charge in [0.15, 0.2) is 0 Å². The molecule has 1 aromatic rings. The van der Waals surface area contributed by atoms with Crippen LogP contribution in [0.4, 0.5) is 0 Å². The van der Waals surface area contributed by atoms with Crippen LogP contribution in [0.25, 0.3) is 0 Å². The molecular formula is C12H12N2O2. The van der Waals surface area contributed by atoms with Crippen molar-refractivity contribution in [2.45, 2.75) is 12.5 Å². The van der Waals surface area contributed by atoms with Gasteiger partial charge in [-0.15, -0.1) is 0 Å². The highest BCUT2D eigenvalue weighted by atomic mass is 16.3. The fourth-order valence-electron chi connectivity index (χ4n) is 1.79. The Morgan fingerprint density at radius 1 is 1.44 bits per heavy atom. The summed E-state index contributed by atoms with van der Waals surface area (Å²) in [6, 6.07) is 8.50. The molecule has 1 aliphatic heterocycles. The Bertz CT molecular complexity index is 449. The second-order valence-electron chi connectivity index (χ2n) is 4.35. The number of aliphatic hydroxyl groups is 1. The normalized spacial score (nSPS) is 17.4. The van der Waals surface area contributed by atoms with Crippen LogP contribution in [0.3, 0.4) is 0 Å². The molecule has 1 saturated heterocycles. The Balaban J connectivity index is 2.08. The van der Waals surface area contributed by atoms with Gasteiger partial charge in [-0.25, -0.2) is 0 Å². The molecule has 1 amide bonds. The van der Waals surface area contributed by atoms with E-state index in [9.17, 15) is 9.90 Å². The second-order valence-corrected chi connectivity index (χ2v) is 4.35. The summed E-state index contributed by atoms with van der Waals surface area (Å²) in [6.45, 7) is 2.44. The monoisotopic (exact) mass is 216 g/mol. The summed E-state index contributed by atoms with van der Waals surface area (Å²) in [5.41, 5.74) is 0.337. The lowest BCUT2D eigenvalue weighted by molar-refractivity contribution is -0.0668. The van der Waals surface area contributed by atoms with Crippen molar-refractivity contribution in [3.05, 3.63) is 35.4 Å². The Morgan fingerprint density at radius 3 is 2.44 bits per heavy atom. The molecule has 0 aromatic heterocycles. The SMILES string of the molecule is CC1(O)CN(C(=O)c2ccc(C#N)cc2)C1. The van der Waals surface area contributed by atoms with Crippen LogP contribution in [0, 0.1) is 11.3 Å². The predicted octanol–water partition coefficient (Wildman–Crippen LogP) is 0.765. The van der Waals surface area contributed by atoms with Crippen molar-refractivity contribution in [2.24, 2.45) is 0 Å². The van der Waals surface area contributed by atoms with E-state index in [1.54, 1.807) is 36.1 Å². The van der Waals surface area contributed by atoms with Crippen LogP contribution in [-0.4, -0.2) is 34.6 Å².